The Bertz CT molecular complexity index is 2860. The molecule has 10 rings (SSSR count). The smallest absolute Gasteiger partial charge is 0.266 e. The Hall–Kier alpha value is -6.05. The van der Waals surface area contributed by atoms with Crippen LogP contribution in [0.1, 0.15) is 71.4 Å². The molecule has 8 aromatic rings. The highest BCUT2D eigenvalue weighted by Crippen LogP contribution is 2.55. The zero-order valence-electron chi connectivity index (χ0n) is 33.6. The molecule has 2 aliphatic rings. The van der Waals surface area contributed by atoms with E-state index < -0.39 is 0 Å². The van der Waals surface area contributed by atoms with Crippen molar-refractivity contribution in [2.24, 2.45) is 0 Å². The second kappa shape index (κ2) is 12.7. The topological polar surface area (TPSA) is 47.1 Å². The van der Waals surface area contributed by atoms with E-state index in [2.05, 4.69) is 162 Å². The maximum absolute atomic E-state index is 14.8. The third-order valence-corrected chi connectivity index (χ3v) is 13.1. The summed E-state index contributed by atoms with van der Waals surface area (Å²) in [4.78, 5) is 40.1. The number of nitrogens with zero attached hydrogens (tertiary/aromatic N) is 4. The molecule has 0 saturated heterocycles. The number of imide groups is 1. The lowest BCUT2D eigenvalue weighted by Gasteiger charge is -2.35. The van der Waals surface area contributed by atoms with Crippen molar-refractivity contribution in [2.45, 2.75) is 49.3 Å². The van der Waals surface area contributed by atoms with Crippen molar-refractivity contribution in [1.82, 2.24) is 0 Å². The van der Waals surface area contributed by atoms with Crippen molar-refractivity contribution >= 4 is 101 Å². The number of anilines is 6. The highest BCUT2D eigenvalue weighted by molar-refractivity contribution is 7.99. The van der Waals surface area contributed by atoms with E-state index in [1.165, 1.54) is 20.1 Å². The number of hydrogen-bond donors (Lipinski definition) is 0. The maximum atomic E-state index is 14.8. The Kier molecular flexibility index (Phi) is 7.90. The summed E-state index contributed by atoms with van der Waals surface area (Å²) in [6.45, 7) is 8.48. The van der Waals surface area contributed by atoms with Gasteiger partial charge in [-0.15, -0.1) is 0 Å². The van der Waals surface area contributed by atoms with Crippen LogP contribution in [-0.4, -0.2) is 40.0 Å². The summed E-state index contributed by atoms with van der Waals surface area (Å²) in [7, 11) is 8.34. The van der Waals surface area contributed by atoms with Gasteiger partial charge in [-0.1, -0.05) is 94.1 Å². The summed E-state index contributed by atoms with van der Waals surface area (Å²) in [5, 5.41) is 8.33. The van der Waals surface area contributed by atoms with Gasteiger partial charge in [-0.05, 0) is 110 Å². The second-order valence-corrected chi connectivity index (χ2v) is 17.6. The quantitative estimate of drug-likeness (QED) is 0.0955. The predicted octanol–water partition coefficient (Wildman–Crippen LogP) is 12.9. The minimum atomic E-state index is -0.263. The van der Waals surface area contributed by atoms with Crippen LogP contribution >= 0.6 is 11.8 Å². The van der Waals surface area contributed by atoms with Gasteiger partial charge in [0.25, 0.3) is 11.8 Å². The van der Waals surface area contributed by atoms with Gasteiger partial charge >= 0.3 is 0 Å². The molecule has 2 amide bonds. The van der Waals surface area contributed by atoms with Crippen molar-refractivity contribution in [3.63, 3.8) is 0 Å². The van der Waals surface area contributed by atoms with Crippen LogP contribution in [0.2, 0.25) is 0 Å². The normalized spacial score (nSPS) is 13.9. The Balaban J connectivity index is 1.21. The van der Waals surface area contributed by atoms with Gasteiger partial charge in [-0.2, -0.15) is 0 Å². The SMILES string of the molecule is CC(C)c1cccc(C(C)C)c1N1C(=O)c2ccc3c4cccc5c(N6c7ccc(N(C)C)cc7Sc7cc(N(C)C)ccc76)ccc(c6ccc(c2c36)C1=O)c54. The van der Waals surface area contributed by atoms with Crippen LogP contribution in [0.3, 0.4) is 0 Å². The van der Waals surface area contributed by atoms with E-state index in [4.69, 9.17) is 0 Å². The van der Waals surface area contributed by atoms with Gasteiger partial charge in [0.2, 0.25) is 0 Å². The van der Waals surface area contributed by atoms with Crippen LogP contribution in [0, 0.1) is 0 Å². The van der Waals surface area contributed by atoms with Gasteiger partial charge < -0.3 is 14.7 Å². The number of amides is 2. The fraction of sp³-hybridized carbons (Fsp3) is 0.200. The van der Waals surface area contributed by atoms with E-state index in [9.17, 15) is 9.59 Å². The fourth-order valence-corrected chi connectivity index (χ4v) is 10.4. The predicted molar refractivity (Wildman–Crippen MR) is 241 cm³/mol. The molecule has 282 valence electrons. The molecule has 57 heavy (non-hydrogen) atoms. The Labute approximate surface area is 337 Å². The van der Waals surface area contributed by atoms with Crippen molar-refractivity contribution in [3.05, 3.63) is 131 Å². The third kappa shape index (κ3) is 5.04. The maximum Gasteiger partial charge on any atom is 0.266 e. The molecule has 2 aliphatic heterocycles. The molecule has 2 heterocycles. The molecule has 0 unspecified atom stereocenters. The lowest BCUT2D eigenvalue weighted by molar-refractivity contribution is 0.0893. The summed E-state index contributed by atoms with van der Waals surface area (Å²) in [5.74, 6) is -0.259. The highest BCUT2D eigenvalue weighted by atomic mass is 32.2. The molecule has 0 N–H and O–H groups in total. The van der Waals surface area contributed by atoms with E-state index in [0.717, 1.165) is 83.0 Å². The van der Waals surface area contributed by atoms with Gasteiger partial charge in [0.15, 0.2) is 0 Å². The molecule has 0 atom stereocenters. The van der Waals surface area contributed by atoms with E-state index in [0.29, 0.717) is 11.1 Å². The molecule has 0 spiro atoms. The summed E-state index contributed by atoms with van der Waals surface area (Å²) >= 11 is 1.82. The third-order valence-electron chi connectivity index (χ3n) is 12.1. The van der Waals surface area contributed by atoms with Gasteiger partial charge in [0.1, 0.15) is 0 Å². The molecular weight excluding hydrogens is 721 g/mol. The molecule has 0 fully saturated rings. The van der Waals surface area contributed by atoms with Gasteiger partial charge in [0, 0.05) is 71.3 Å². The van der Waals surface area contributed by atoms with Gasteiger partial charge in [-0.3, -0.25) is 9.59 Å². The summed E-state index contributed by atoms with van der Waals surface area (Å²) in [5.41, 5.74) is 9.59. The molecule has 0 bridgehead atoms. The molecule has 7 heteroatoms. The molecule has 8 aromatic carbocycles. The van der Waals surface area contributed by atoms with Crippen LogP contribution in [0.15, 0.2) is 119 Å². The highest BCUT2D eigenvalue weighted by Gasteiger charge is 2.38. The number of para-hydroxylation sites is 1. The van der Waals surface area contributed by atoms with E-state index >= 15 is 0 Å². The lowest BCUT2D eigenvalue weighted by Crippen LogP contribution is -2.41. The standard InChI is InChI=1S/C50H44N4O2S/c1-27(2)31-11-9-12-32(28(3)4)48(31)54-49(55)38-19-17-35-33-13-10-14-37-40(24-21-34(45(33)37)36-18-20-39(50(54)56)47(38)46(35)36)53-41-22-15-29(51(5)6)25-43(41)57-44-26-30(52(7)8)16-23-42(44)53/h9-28H,1-8H3. The summed E-state index contributed by atoms with van der Waals surface area (Å²) < 4.78 is 0. The number of carbonyl (C=O) groups excluding carboxylic acids is 2. The van der Waals surface area contributed by atoms with Crippen LogP contribution in [-0.2, 0) is 0 Å². The largest absolute Gasteiger partial charge is 0.378 e. The average molecular weight is 765 g/mol. The molecule has 0 saturated carbocycles. The monoisotopic (exact) mass is 764 g/mol. The fourth-order valence-electron chi connectivity index (χ4n) is 9.24. The Morgan fingerprint density at radius 2 is 0.930 bits per heavy atom. The number of hydrogen-bond acceptors (Lipinski definition) is 6. The minimum absolute atomic E-state index is 0.134. The Morgan fingerprint density at radius 1 is 0.474 bits per heavy atom. The average Bonchev–Trinajstić information content (AvgIpc) is 3.20. The molecular formula is C50H44N4O2S. The molecule has 0 aliphatic carbocycles. The molecule has 6 nitrogen and oxygen atoms in total. The van der Waals surface area contributed by atoms with E-state index in [1.807, 2.05) is 30.0 Å². The van der Waals surface area contributed by atoms with E-state index in [-0.39, 0.29) is 23.7 Å². The first kappa shape index (κ1) is 35.4. The number of benzene rings is 8. The van der Waals surface area contributed by atoms with Gasteiger partial charge in [-0.25, -0.2) is 4.90 Å². The zero-order chi connectivity index (χ0) is 39.6. The van der Waals surface area contributed by atoms with Crippen LogP contribution < -0.4 is 19.6 Å². The van der Waals surface area contributed by atoms with Crippen LogP contribution in [0.4, 0.5) is 34.1 Å². The lowest BCUT2D eigenvalue weighted by atomic mass is 9.83. The minimum Gasteiger partial charge on any atom is -0.378 e. The number of carbonyl (C=O) groups is 2. The van der Waals surface area contributed by atoms with Crippen LogP contribution in [0.5, 0.6) is 0 Å². The van der Waals surface area contributed by atoms with E-state index in [1.54, 1.807) is 0 Å². The van der Waals surface area contributed by atoms with Gasteiger partial charge in [0.05, 0.1) is 22.7 Å². The van der Waals surface area contributed by atoms with Crippen molar-refractivity contribution in [2.75, 3.05) is 47.8 Å². The first-order chi connectivity index (χ1) is 27.4. The van der Waals surface area contributed by atoms with Crippen molar-refractivity contribution < 1.29 is 9.59 Å². The summed E-state index contributed by atoms with van der Waals surface area (Å²) in [6, 6.07) is 38.8. The summed E-state index contributed by atoms with van der Waals surface area (Å²) in [6.07, 6.45) is 0. The second-order valence-electron chi connectivity index (χ2n) is 16.5. The first-order valence-electron chi connectivity index (χ1n) is 19.7. The van der Waals surface area contributed by atoms with Crippen LogP contribution in [0.25, 0.3) is 43.1 Å². The molecule has 0 aromatic heterocycles. The zero-order valence-corrected chi connectivity index (χ0v) is 34.4. The van der Waals surface area contributed by atoms with Crippen molar-refractivity contribution in [1.29, 1.82) is 0 Å². The first-order valence-corrected chi connectivity index (χ1v) is 20.5. The molecule has 0 radical (unpaired) electrons. The van der Waals surface area contributed by atoms with Crippen molar-refractivity contribution in [3.8, 4) is 0 Å². The number of fused-ring (bicyclic) bond motifs is 4. The Morgan fingerprint density at radius 3 is 1.46 bits per heavy atom. The number of rotatable bonds is 6.